The Morgan fingerprint density at radius 2 is 1.36 bits per heavy atom. The molecule has 0 aliphatic heterocycles. The van der Waals surface area contributed by atoms with Crippen LogP contribution in [-0.4, -0.2) is 0 Å². The first-order chi connectivity index (χ1) is 6.72. The summed E-state index contributed by atoms with van der Waals surface area (Å²) < 4.78 is 0. The first-order valence-corrected chi connectivity index (χ1v) is 6.72. The zero-order valence-corrected chi connectivity index (χ0v) is 10.8. The zero-order valence-electron chi connectivity index (χ0n) is 10.8. The lowest BCUT2D eigenvalue weighted by molar-refractivity contribution is 0.321. The SMILES string of the molecule is CCCCCCCC(CCC)C(C)C. The van der Waals surface area contributed by atoms with Crippen molar-refractivity contribution >= 4 is 0 Å². The summed E-state index contributed by atoms with van der Waals surface area (Å²) >= 11 is 0. The molecule has 0 saturated carbocycles. The molecule has 0 nitrogen and oxygen atoms in total. The van der Waals surface area contributed by atoms with E-state index in [1.54, 1.807) is 0 Å². The molecule has 0 amide bonds. The minimum Gasteiger partial charge on any atom is -0.0654 e. The standard InChI is InChI=1S/C14H30/c1-5-7-8-9-10-12-14(11-6-2)13(3)4/h13-14H,5-12H2,1-4H3. The fraction of sp³-hybridized carbons (Fsp3) is 1.00. The Morgan fingerprint density at radius 3 is 1.86 bits per heavy atom. The molecule has 14 heavy (non-hydrogen) atoms. The van der Waals surface area contributed by atoms with Gasteiger partial charge in [-0.3, -0.25) is 0 Å². The molecular formula is C14H30. The van der Waals surface area contributed by atoms with Crippen LogP contribution >= 0.6 is 0 Å². The summed E-state index contributed by atoms with van der Waals surface area (Å²) in [4.78, 5) is 0. The molecule has 0 spiro atoms. The van der Waals surface area contributed by atoms with Gasteiger partial charge in [0.15, 0.2) is 0 Å². The molecule has 0 aliphatic carbocycles. The van der Waals surface area contributed by atoms with E-state index in [1.165, 1.54) is 51.4 Å². The van der Waals surface area contributed by atoms with Crippen molar-refractivity contribution in [1.29, 1.82) is 0 Å². The lowest BCUT2D eigenvalue weighted by Gasteiger charge is -2.19. The van der Waals surface area contributed by atoms with Crippen LogP contribution < -0.4 is 0 Å². The van der Waals surface area contributed by atoms with Crippen LogP contribution in [0.1, 0.15) is 79.1 Å². The van der Waals surface area contributed by atoms with Crippen LogP contribution in [-0.2, 0) is 0 Å². The molecule has 0 heterocycles. The third-order valence-corrected chi connectivity index (χ3v) is 3.28. The number of rotatable bonds is 9. The van der Waals surface area contributed by atoms with E-state index in [-0.39, 0.29) is 0 Å². The van der Waals surface area contributed by atoms with Crippen LogP contribution in [0.3, 0.4) is 0 Å². The van der Waals surface area contributed by atoms with Crippen molar-refractivity contribution in [3.05, 3.63) is 0 Å². The average Bonchev–Trinajstić information content (AvgIpc) is 2.15. The Hall–Kier alpha value is 0. The van der Waals surface area contributed by atoms with Crippen molar-refractivity contribution in [2.75, 3.05) is 0 Å². The summed E-state index contributed by atoms with van der Waals surface area (Å²) in [6.07, 6.45) is 11.4. The second kappa shape index (κ2) is 9.55. The Morgan fingerprint density at radius 1 is 0.714 bits per heavy atom. The molecule has 0 heteroatoms. The molecule has 0 N–H and O–H groups in total. The fourth-order valence-electron chi connectivity index (χ4n) is 2.19. The van der Waals surface area contributed by atoms with E-state index < -0.39 is 0 Å². The molecule has 0 bridgehead atoms. The summed E-state index contributed by atoms with van der Waals surface area (Å²) in [7, 11) is 0. The van der Waals surface area contributed by atoms with Gasteiger partial charge in [-0.25, -0.2) is 0 Å². The predicted molar refractivity (Wildman–Crippen MR) is 66.6 cm³/mol. The lowest BCUT2D eigenvalue weighted by Crippen LogP contribution is -2.08. The maximum Gasteiger partial charge on any atom is -0.0391 e. The Labute approximate surface area is 91.5 Å². The third-order valence-electron chi connectivity index (χ3n) is 3.28. The Balaban J connectivity index is 3.41. The smallest absolute Gasteiger partial charge is 0.0391 e. The minimum absolute atomic E-state index is 0.890. The second-order valence-electron chi connectivity index (χ2n) is 5.00. The Kier molecular flexibility index (Phi) is 9.55. The summed E-state index contributed by atoms with van der Waals surface area (Å²) in [5.74, 6) is 1.88. The minimum atomic E-state index is 0.890. The van der Waals surface area contributed by atoms with Crippen LogP contribution in [0.15, 0.2) is 0 Å². The first kappa shape index (κ1) is 14.0. The van der Waals surface area contributed by atoms with Gasteiger partial charge >= 0.3 is 0 Å². The average molecular weight is 198 g/mol. The maximum atomic E-state index is 2.38. The van der Waals surface area contributed by atoms with Gasteiger partial charge in [0.25, 0.3) is 0 Å². The van der Waals surface area contributed by atoms with E-state index in [0.717, 1.165) is 11.8 Å². The molecule has 1 atom stereocenters. The molecule has 0 radical (unpaired) electrons. The van der Waals surface area contributed by atoms with Gasteiger partial charge in [0.1, 0.15) is 0 Å². The third kappa shape index (κ3) is 7.41. The summed E-state index contributed by atoms with van der Waals surface area (Å²) in [6.45, 7) is 9.36. The van der Waals surface area contributed by atoms with Crippen molar-refractivity contribution in [3.63, 3.8) is 0 Å². The Bertz CT molecular complexity index is 105. The van der Waals surface area contributed by atoms with E-state index in [9.17, 15) is 0 Å². The maximum absolute atomic E-state index is 2.38. The zero-order chi connectivity index (χ0) is 10.8. The molecule has 0 aromatic carbocycles. The van der Waals surface area contributed by atoms with E-state index in [1.807, 2.05) is 0 Å². The van der Waals surface area contributed by atoms with Crippen LogP contribution in [0.5, 0.6) is 0 Å². The topological polar surface area (TPSA) is 0 Å². The molecular weight excluding hydrogens is 168 g/mol. The van der Waals surface area contributed by atoms with Gasteiger partial charge in [-0.1, -0.05) is 79.1 Å². The van der Waals surface area contributed by atoms with Gasteiger partial charge in [-0.15, -0.1) is 0 Å². The highest BCUT2D eigenvalue weighted by Gasteiger charge is 2.11. The van der Waals surface area contributed by atoms with E-state index in [0.29, 0.717) is 0 Å². The molecule has 0 aromatic rings. The van der Waals surface area contributed by atoms with Gasteiger partial charge in [0.2, 0.25) is 0 Å². The molecule has 86 valence electrons. The summed E-state index contributed by atoms with van der Waals surface area (Å²) in [6, 6.07) is 0. The van der Waals surface area contributed by atoms with Crippen LogP contribution in [0.4, 0.5) is 0 Å². The van der Waals surface area contributed by atoms with Gasteiger partial charge < -0.3 is 0 Å². The van der Waals surface area contributed by atoms with Crippen molar-refractivity contribution < 1.29 is 0 Å². The summed E-state index contributed by atoms with van der Waals surface area (Å²) in [5, 5.41) is 0. The van der Waals surface area contributed by atoms with Crippen molar-refractivity contribution in [1.82, 2.24) is 0 Å². The van der Waals surface area contributed by atoms with Crippen LogP contribution in [0.25, 0.3) is 0 Å². The van der Waals surface area contributed by atoms with Crippen LogP contribution in [0.2, 0.25) is 0 Å². The van der Waals surface area contributed by atoms with Crippen molar-refractivity contribution in [3.8, 4) is 0 Å². The second-order valence-corrected chi connectivity index (χ2v) is 5.00. The van der Waals surface area contributed by atoms with Gasteiger partial charge in [-0.05, 0) is 11.8 Å². The molecule has 0 rings (SSSR count). The van der Waals surface area contributed by atoms with Crippen molar-refractivity contribution in [2.45, 2.75) is 79.1 Å². The first-order valence-electron chi connectivity index (χ1n) is 6.72. The van der Waals surface area contributed by atoms with E-state index >= 15 is 0 Å². The summed E-state index contributed by atoms with van der Waals surface area (Å²) in [5.41, 5.74) is 0. The van der Waals surface area contributed by atoms with Crippen molar-refractivity contribution in [2.24, 2.45) is 11.8 Å². The molecule has 0 saturated heterocycles. The predicted octanol–water partition coefficient (Wildman–Crippen LogP) is 5.42. The van der Waals surface area contributed by atoms with E-state index in [4.69, 9.17) is 0 Å². The molecule has 1 unspecified atom stereocenters. The molecule has 0 aliphatic rings. The monoisotopic (exact) mass is 198 g/mol. The number of hydrogen-bond acceptors (Lipinski definition) is 0. The highest BCUT2D eigenvalue weighted by Crippen LogP contribution is 2.23. The number of unbranched alkanes of at least 4 members (excludes halogenated alkanes) is 4. The van der Waals surface area contributed by atoms with Gasteiger partial charge in [0.05, 0.1) is 0 Å². The fourth-order valence-corrected chi connectivity index (χ4v) is 2.19. The highest BCUT2D eigenvalue weighted by molar-refractivity contribution is 4.62. The van der Waals surface area contributed by atoms with Crippen LogP contribution in [0, 0.1) is 11.8 Å². The van der Waals surface area contributed by atoms with Gasteiger partial charge in [0, 0.05) is 0 Å². The number of hydrogen-bond donors (Lipinski definition) is 0. The largest absolute Gasteiger partial charge is 0.0654 e. The molecule has 0 aromatic heterocycles. The lowest BCUT2D eigenvalue weighted by atomic mass is 9.86. The normalized spacial score (nSPS) is 13.5. The molecule has 0 fully saturated rings. The van der Waals surface area contributed by atoms with E-state index in [2.05, 4.69) is 27.7 Å². The van der Waals surface area contributed by atoms with Gasteiger partial charge in [-0.2, -0.15) is 0 Å². The highest BCUT2D eigenvalue weighted by atomic mass is 14.2. The quantitative estimate of drug-likeness (QED) is 0.434.